The Labute approximate surface area is 117 Å². The monoisotopic (exact) mass is 277 g/mol. The van der Waals surface area contributed by atoms with Crippen LogP contribution < -0.4 is 16.6 Å². The van der Waals surface area contributed by atoms with Crippen LogP contribution in [0.25, 0.3) is 0 Å². The molecule has 0 fully saturated rings. The number of nitrogens with zero attached hydrogens (tertiary/aromatic N) is 2. The Morgan fingerprint density at radius 3 is 2.63 bits per heavy atom. The molecule has 0 atom stereocenters. The molecule has 1 aromatic carbocycles. The lowest BCUT2D eigenvalue weighted by Gasteiger charge is -2.08. The van der Waals surface area contributed by atoms with Crippen molar-refractivity contribution in [3.8, 4) is 0 Å². The molecule has 0 radical (unpaired) electrons. The van der Waals surface area contributed by atoms with Crippen LogP contribution in [0.15, 0.2) is 30.3 Å². The summed E-state index contributed by atoms with van der Waals surface area (Å²) >= 11 is 5.84. The molecule has 0 aliphatic carbocycles. The molecule has 0 bridgehead atoms. The molecule has 5 nitrogen and oxygen atoms in total. The third-order valence-electron chi connectivity index (χ3n) is 2.62. The van der Waals surface area contributed by atoms with Gasteiger partial charge in [0.15, 0.2) is 0 Å². The van der Waals surface area contributed by atoms with Crippen molar-refractivity contribution in [1.29, 1.82) is 0 Å². The Morgan fingerprint density at radius 2 is 1.95 bits per heavy atom. The van der Waals surface area contributed by atoms with E-state index < -0.39 is 0 Å². The number of rotatable bonds is 5. The van der Waals surface area contributed by atoms with Crippen molar-refractivity contribution in [3.63, 3.8) is 0 Å². The Hall–Kier alpha value is -1.85. The second-order valence-corrected chi connectivity index (χ2v) is 4.60. The minimum Gasteiger partial charge on any atom is -0.370 e. The average Bonchev–Trinajstić information content (AvgIpc) is 2.40. The van der Waals surface area contributed by atoms with E-state index in [1.54, 1.807) is 0 Å². The fraction of sp³-hybridized carbons (Fsp3) is 0.231. The molecule has 0 aliphatic rings. The van der Waals surface area contributed by atoms with E-state index in [4.69, 9.17) is 17.4 Å². The maximum Gasteiger partial charge on any atom is 0.239 e. The number of aromatic nitrogens is 2. The SMILES string of the molecule is Cc1cc(NCCc2ccc(Cl)cc2)nc(NN)n1. The molecule has 0 unspecified atom stereocenters. The van der Waals surface area contributed by atoms with E-state index in [1.165, 1.54) is 5.56 Å². The quantitative estimate of drug-likeness (QED) is 0.578. The van der Waals surface area contributed by atoms with Gasteiger partial charge in [-0.3, -0.25) is 5.43 Å². The van der Waals surface area contributed by atoms with Crippen molar-refractivity contribution in [2.45, 2.75) is 13.3 Å². The second kappa shape index (κ2) is 6.36. The van der Waals surface area contributed by atoms with E-state index in [-0.39, 0.29) is 0 Å². The average molecular weight is 278 g/mol. The van der Waals surface area contributed by atoms with Crippen LogP contribution in [0, 0.1) is 6.92 Å². The first-order valence-corrected chi connectivity index (χ1v) is 6.36. The zero-order valence-corrected chi connectivity index (χ0v) is 11.4. The molecule has 1 aromatic heterocycles. The van der Waals surface area contributed by atoms with E-state index in [0.717, 1.165) is 29.5 Å². The lowest BCUT2D eigenvalue weighted by atomic mass is 10.1. The summed E-state index contributed by atoms with van der Waals surface area (Å²) in [6.07, 6.45) is 0.894. The van der Waals surface area contributed by atoms with Crippen molar-refractivity contribution in [3.05, 3.63) is 46.6 Å². The third kappa shape index (κ3) is 4.08. The Kier molecular flexibility index (Phi) is 4.54. The Bertz CT molecular complexity index is 541. The number of aryl methyl sites for hydroxylation is 1. The molecule has 0 aliphatic heterocycles. The molecule has 100 valence electrons. The molecular weight excluding hydrogens is 262 g/mol. The van der Waals surface area contributed by atoms with Crippen LogP contribution in [0.3, 0.4) is 0 Å². The number of anilines is 2. The predicted octanol–water partition coefficient (Wildman–Crippen LogP) is 2.38. The van der Waals surface area contributed by atoms with Gasteiger partial charge in [-0.1, -0.05) is 23.7 Å². The first kappa shape index (κ1) is 13.6. The number of hydrogen-bond donors (Lipinski definition) is 3. The minimum absolute atomic E-state index is 0.411. The van der Waals surface area contributed by atoms with Crippen LogP contribution in [0.1, 0.15) is 11.3 Å². The highest BCUT2D eigenvalue weighted by molar-refractivity contribution is 6.30. The van der Waals surface area contributed by atoms with Crippen LogP contribution in [0.2, 0.25) is 5.02 Å². The third-order valence-corrected chi connectivity index (χ3v) is 2.87. The number of halogens is 1. The molecular formula is C13H16ClN5. The number of benzene rings is 1. The van der Waals surface area contributed by atoms with Crippen molar-refractivity contribution >= 4 is 23.4 Å². The number of nitrogens with one attached hydrogen (secondary N) is 2. The zero-order chi connectivity index (χ0) is 13.7. The van der Waals surface area contributed by atoms with Crippen LogP contribution in [0.5, 0.6) is 0 Å². The lowest BCUT2D eigenvalue weighted by molar-refractivity contribution is 0.990. The number of nitrogen functional groups attached to an aromatic ring is 1. The molecule has 6 heteroatoms. The molecule has 0 saturated carbocycles. The van der Waals surface area contributed by atoms with Gasteiger partial charge in [-0.05, 0) is 31.0 Å². The molecule has 0 spiro atoms. The summed E-state index contributed by atoms with van der Waals surface area (Å²) in [5.41, 5.74) is 4.53. The molecule has 1 heterocycles. The van der Waals surface area contributed by atoms with E-state index in [0.29, 0.717) is 5.95 Å². The number of nitrogens with two attached hydrogens (primary N) is 1. The van der Waals surface area contributed by atoms with Gasteiger partial charge in [0.2, 0.25) is 5.95 Å². The number of hydrogen-bond acceptors (Lipinski definition) is 5. The molecule has 0 amide bonds. The highest BCUT2D eigenvalue weighted by Gasteiger charge is 2.00. The van der Waals surface area contributed by atoms with Gasteiger partial charge in [-0.25, -0.2) is 10.8 Å². The molecule has 0 saturated heterocycles. The first-order chi connectivity index (χ1) is 9.17. The van der Waals surface area contributed by atoms with E-state index >= 15 is 0 Å². The van der Waals surface area contributed by atoms with Gasteiger partial charge >= 0.3 is 0 Å². The lowest BCUT2D eigenvalue weighted by Crippen LogP contribution is -2.13. The van der Waals surface area contributed by atoms with Crippen LogP contribution >= 0.6 is 11.6 Å². The highest BCUT2D eigenvalue weighted by Crippen LogP contribution is 2.11. The van der Waals surface area contributed by atoms with Gasteiger partial charge < -0.3 is 5.32 Å². The summed E-state index contributed by atoms with van der Waals surface area (Å²) in [7, 11) is 0. The van der Waals surface area contributed by atoms with Crippen molar-refractivity contribution < 1.29 is 0 Å². The number of hydrazine groups is 1. The molecule has 2 aromatic rings. The molecule has 4 N–H and O–H groups in total. The minimum atomic E-state index is 0.411. The van der Waals surface area contributed by atoms with Crippen LogP contribution in [-0.4, -0.2) is 16.5 Å². The summed E-state index contributed by atoms with van der Waals surface area (Å²) in [5.74, 6) is 6.48. The van der Waals surface area contributed by atoms with Gasteiger partial charge in [-0.15, -0.1) is 0 Å². The predicted molar refractivity (Wildman–Crippen MR) is 78.2 cm³/mol. The van der Waals surface area contributed by atoms with E-state index in [9.17, 15) is 0 Å². The van der Waals surface area contributed by atoms with Gasteiger partial charge in [0.25, 0.3) is 0 Å². The first-order valence-electron chi connectivity index (χ1n) is 5.98. The fourth-order valence-electron chi connectivity index (χ4n) is 1.71. The maximum atomic E-state index is 5.84. The zero-order valence-electron chi connectivity index (χ0n) is 10.7. The standard InChI is InChI=1S/C13H16ClN5/c1-9-8-12(18-13(17-9)19-15)16-7-6-10-2-4-11(14)5-3-10/h2-5,8H,6-7,15H2,1H3,(H2,16,17,18,19). The Morgan fingerprint density at radius 1 is 1.21 bits per heavy atom. The topological polar surface area (TPSA) is 75.9 Å². The fourth-order valence-corrected chi connectivity index (χ4v) is 1.84. The summed E-state index contributed by atoms with van der Waals surface area (Å²) in [4.78, 5) is 8.34. The summed E-state index contributed by atoms with van der Waals surface area (Å²) in [6, 6.07) is 9.69. The van der Waals surface area contributed by atoms with E-state index in [1.807, 2.05) is 37.3 Å². The summed E-state index contributed by atoms with van der Waals surface area (Å²) in [5, 5.41) is 4.00. The summed E-state index contributed by atoms with van der Waals surface area (Å²) in [6.45, 7) is 2.68. The normalized spacial score (nSPS) is 10.3. The van der Waals surface area contributed by atoms with Crippen molar-refractivity contribution in [1.82, 2.24) is 9.97 Å². The van der Waals surface area contributed by atoms with Gasteiger partial charge in [0, 0.05) is 23.3 Å². The molecule has 2 rings (SSSR count). The van der Waals surface area contributed by atoms with Crippen molar-refractivity contribution in [2.75, 3.05) is 17.3 Å². The van der Waals surface area contributed by atoms with Crippen LogP contribution in [-0.2, 0) is 6.42 Å². The van der Waals surface area contributed by atoms with E-state index in [2.05, 4.69) is 20.7 Å². The second-order valence-electron chi connectivity index (χ2n) is 4.17. The largest absolute Gasteiger partial charge is 0.370 e. The van der Waals surface area contributed by atoms with Crippen molar-refractivity contribution in [2.24, 2.45) is 5.84 Å². The Balaban J connectivity index is 1.92. The van der Waals surface area contributed by atoms with Gasteiger partial charge in [-0.2, -0.15) is 4.98 Å². The maximum absolute atomic E-state index is 5.84. The highest BCUT2D eigenvalue weighted by atomic mass is 35.5. The summed E-state index contributed by atoms with van der Waals surface area (Å²) < 4.78 is 0. The molecule has 19 heavy (non-hydrogen) atoms. The smallest absolute Gasteiger partial charge is 0.239 e. The van der Waals surface area contributed by atoms with Crippen LogP contribution in [0.4, 0.5) is 11.8 Å². The van der Waals surface area contributed by atoms with Gasteiger partial charge in [0.1, 0.15) is 5.82 Å². The van der Waals surface area contributed by atoms with Gasteiger partial charge in [0.05, 0.1) is 0 Å².